The zero-order valence-electron chi connectivity index (χ0n) is 10.5. The molecule has 1 aromatic carbocycles. The molecule has 0 fully saturated rings. The van der Waals surface area contributed by atoms with E-state index < -0.39 is 10.9 Å². The minimum Gasteiger partial charge on any atom is -0.465 e. The van der Waals surface area contributed by atoms with Gasteiger partial charge in [-0.3, -0.25) is 10.1 Å². The number of nitro benzene ring substituents is 1. The molecule has 0 spiro atoms. The van der Waals surface area contributed by atoms with Gasteiger partial charge in [-0.05, 0) is 28.9 Å². The number of carbonyl (C=O) groups excluding carboxylic acids is 1. The monoisotopic (exact) mass is 328 g/mol. The first-order chi connectivity index (χ1) is 9.01. The highest BCUT2D eigenvalue weighted by Gasteiger charge is 2.21. The minimum atomic E-state index is -0.621. The second-order valence-corrected chi connectivity index (χ2v) is 4.41. The molecule has 0 heterocycles. The molecular weight excluding hydrogens is 316 g/mol. The zero-order valence-corrected chi connectivity index (χ0v) is 12.1. The third-order valence-electron chi connectivity index (χ3n) is 2.32. The predicted octanol–water partition coefficient (Wildman–Crippen LogP) is 3.13. The van der Waals surface area contributed by atoms with Crippen LogP contribution in [0.1, 0.15) is 17.3 Å². The molecule has 0 saturated heterocycles. The molecule has 0 saturated carbocycles. The van der Waals surface area contributed by atoms with Crippen LogP contribution in [0, 0.1) is 10.1 Å². The van der Waals surface area contributed by atoms with Gasteiger partial charge in [0.25, 0.3) is 5.69 Å². The third kappa shape index (κ3) is 3.78. The lowest BCUT2D eigenvalue weighted by atomic mass is 10.1. The van der Waals surface area contributed by atoms with Gasteiger partial charge >= 0.3 is 5.97 Å². The minimum absolute atomic E-state index is 0.123. The molecule has 0 aliphatic heterocycles. The summed E-state index contributed by atoms with van der Waals surface area (Å²) in [6, 6.07) is 2.67. The Morgan fingerprint density at radius 3 is 2.79 bits per heavy atom. The maximum absolute atomic E-state index is 11.4. The van der Waals surface area contributed by atoms with Crippen LogP contribution in [-0.2, 0) is 4.74 Å². The number of nitrogens with one attached hydrogen (secondary N) is 1. The van der Waals surface area contributed by atoms with Crippen LogP contribution < -0.4 is 5.32 Å². The van der Waals surface area contributed by atoms with E-state index in [1.54, 1.807) is 0 Å². The number of nitro groups is 1. The Hall–Kier alpha value is -1.89. The standard InChI is InChI=1S/C12H13BrN2O4/c1-3-4-5-14-11-9(13)6-8(12(16)19-2)7-10(11)15(17)18/h3-4,6-7,14H,5H2,1-2H3/b4-3-. The maximum atomic E-state index is 11.4. The van der Waals surface area contributed by atoms with Crippen molar-refractivity contribution < 1.29 is 14.5 Å². The number of anilines is 1. The lowest BCUT2D eigenvalue weighted by molar-refractivity contribution is -0.384. The largest absolute Gasteiger partial charge is 0.465 e. The van der Waals surface area contributed by atoms with Crippen LogP contribution >= 0.6 is 15.9 Å². The molecule has 7 heteroatoms. The van der Waals surface area contributed by atoms with Crippen molar-refractivity contribution in [1.82, 2.24) is 0 Å². The average Bonchev–Trinajstić information content (AvgIpc) is 2.39. The summed E-state index contributed by atoms with van der Waals surface area (Å²) >= 11 is 3.22. The van der Waals surface area contributed by atoms with Crippen LogP contribution in [0.3, 0.4) is 0 Å². The predicted molar refractivity (Wildman–Crippen MR) is 75.4 cm³/mol. The molecule has 0 radical (unpaired) electrons. The van der Waals surface area contributed by atoms with Gasteiger partial charge in [0.2, 0.25) is 0 Å². The molecule has 1 aromatic rings. The molecule has 19 heavy (non-hydrogen) atoms. The highest BCUT2D eigenvalue weighted by molar-refractivity contribution is 9.10. The number of hydrogen-bond donors (Lipinski definition) is 1. The van der Waals surface area contributed by atoms with Crippen molar-refractivity contribution in [2.24, 2.45) is 0 Å². The molecule has 0 unspecified atom stereocenters. The highest BCUT2D eigenvalue weighted by Crippen LogP contribution is 2.34. The van der Waals surface area contributed by atoms with Gasteiger partial charge < -0.3 is 10.1 Å². The number of allylic oxidation sites excluding steroid dienone is 1. The van der Waals surface area contributed by atoms with Crippen LogP contribution in [0.25, 0.3) is 0 Å². The van der Waals surface area contributed by atoms with Gasteiger partial charge in [0, 0.05) is 17.1 Å². The summed E-state index contributed by atoms with van der Waals surface area (Å²) in [5.41, 5.74) is 0.271. The summed E-state index contributed by atoms with van der Waals surface area (Å²) in [7, 11) is 1.22. The van der Waals surface area contributed by atoms with Crippen LogP contribution in [0.4, 0.5) is 11.4 Å². The molecule has 1 rings (SSSR count). The number of hydrogen-bond acceptors (Lipinski definition) is 5. The maximum Gasteiger partial charge on any atom is 0.338 e. The van der Waals surface area contributed by atoms with Gasteiger partial charge in [0.15, 0.2) is 0 Å². The summed E-state index contributed by atoms with van der Waals surface area (Å²) in [6.07, 6.45) is 3.65. The Morgan fingerprint density at radius 1 is 1.58 bits per heavy atom. The second-order valence-electron chi connectivity index (χ2n) is 3.55. The summed E-state index contributed by atoms with van der Waals surface area (Å²) in [6.45, 7) is 2.30. The number of halogens is 1. The summed E-state index contributed by atoms with van der Waals surface area (Å²) < 4.78 is 4.99. The van der Waals surface area contributed by atoms with E-state index >= 15 is 0 Å². The summed E-state index contributed by atoms with van der Waals surface area (Å²) in [4.78, 5) is 21.9. The first-order valence-electron chi connectivity index (χ1n) is 5.42. The normalized spacial score (nSPS) is 10.5. The number of nitrogens with zero attached hydrogens (tertiary/aromatic N) is 1. The molecule has 102 valence electrons. The summed E-state index contributed by atoms with van der Waals surface area (Å²) in [5, 5.41) is 14.0. The smallest absolute Gasteiger partial charge is 0.338 e. The van der Waals surface area contributed by atoms with Gasteiger partial charge in [0.05, 0.1) is 17.6 Å². The van der Waals surface area contributed by atoms with Gasteiger partial charge in [-0.25, -0.2) is 4.79 Å². The molecule has 0 bridgehead atoms. The molecule has 0 aliphatic rings. The van der Waals surface area contributed by atoms with Gasteiger partial charge in [-0.2, -0.15) is 0 Å². The van der Waals surface area contributed by atoms with Crippen LogP contribution in [0.5, 0.6) is 0 Å². The van der Waals surface area contributed by atoms with Gasteiger partial charge in [0.1, 0.15) is 5.69 Å². The Labute approximate surface area is 118 Å². The number of methoxy groups -OCH3 is 1. The van der Waals surface area contributed by atoms with Crippen molar-refractivity contribution in [2.45, 2.75) is 6.92 Å². The van der Waals surface area contributed by atoms with Crippen LogP contribution in [0.2, 0.25) is 0 Å². The van der Waals surface area contributed by atoms with E-state index in [-0.39, 0.29) is 11.3 Å². The Balaban J connectivity index is 3.22. The van der Waals surface area contributed by atoms with E-state index in [1.807, 2.05) is 19.1 Å². The van der Waals surface area contributed by atoms with E-state index in [9.17, 15) is 14.9 Å². The first kappa shape index (κ1) is 15.2. The third-order valence-corrected chi connectivity index (χ3v) is 2.95. The van der Waals surface area contributed by atoms with E-state index in [0.29, 0.717) is 16.7 Å². The average molecular weight is 329 g/mol. The second kappa shape index (κ2) is 6.89. The Kier molecular flexibility index (Phi) is 5.50. The topological polar surface area (TPSA) is 81.5 Å². The van der Waals surface area contributed by atoms with Crippen molar-refractivity contribution in [2.75, 3.05) is 19.0 Å². The molecular formula is C12H13BrN2O4. The van der Waals surface area contributed by atoms with Crippen molar-refractivity contribution in [3.8, 4) is 0 Å². The fourth-order valence-electron chi connectivity index (χ4n) is 1.43. The molecule has 0 atom stereocenters. The van der Waals surface area contributed by atoms with Crippen LogP contribution in [-0.4, -0.2) is 24.5 Å². The van der Waals surface area contributed by atoms with Crippen molar-refractivity contribution in [3.05, 3.63) is 44.4 Å². The van der Waals surface area contributed by atoms with Gasteiger partial charge in [-0.1, -0.05) is 12.2 Å². The van der Waals surface area contributed by atoms with Crippen molar-refractivity contribution >= 4 is 33.3 Å². The van der Waals surface area contributed by atoms with E-state index in [4.69, 9.17) is 0 Å². The van der Waals surface area contributed by atoms with E-state index in [1.165, 1.54) is 19.2 Å². The SMILES string of the molecule is C/C=C\CNc1c(Br)cc(C(=O)OC)cc1[N+](=O)[O-]. The van der Waals surface area contributed by atoms with E-state index in [0.717, 1.165) is 0 Å². The number of ether oxygens (including phenoxy) is 1. The number of carbonyl (C=O) groups is 1. The number of benzene rings is 1. The Morgan fingerprint density at radius 2 is 2.26 bits per heavy atom. The molecule has 1 N–H and O–H groups in total. The van der Waals surface area contributed by atoms with E-state index in [2.05, 4.69) is 26.0 Å². The molecule has 0 aliphatic carbocycles. The number of esters is 1. The van der Waals surface area contributed by atoms with Gasteiger partial charge in [-0.15, -0.1) is 0 Å². The molecule has 0 amide bonds. The van der Waals surface area contributed by atoms with Crippen molar-refractivity contribution in [1.29, 1.82) is 0 Å². The molecule has 6 nitrogen and oxygen atoms in total. The lowest BCUT2D eigenvalue weighted by Crippen LogP contribution is -2.07. The quantitative estimate of drug-likeness (QED) is 0.388. The van der Waals surface area contributed by atoms with Crippen LogP contribution in [0.15, 0.2) is 28.8 Å². The fourth-order valence-corrected chi connectivity index (χ4v) is 2.02. The fraction of sp³-hybridized carbons (Fsp3) is 0.250. The number of rotatable bonds is 5. The first-order valence-corrected chi connectivity index (χ1v) is 6.21. The Bertz CT molecular complexity index is 529. The highest BCUT2D eigenvalue weighted by atomic mass is 79.9. The lowest BCUT2D eigenvalue weighted by Gasteiger charge is -2.09. The zero-order chi connectivity index (χ0) is 14.4. The molecule has 0 aromatic heterocycles. The summed E-state index contributed by atoms with van der Waals surface area (Å²) in [5.74, 6) is -0.621. The van der Waals surface area contributed by atoms with Crippen molar-refractivity contribution in [3.63, 3.8) is 0 Å².